The Balaban J connectivity index is 1.71. The molecule has 0 saturated carbocycles. The molecule has 0 aromatic carbocycles. The Kier molecular flexibility index (Phi) is 4.38. The van der Waals surface area contributed by atoms with E-state index >= 15 is 0 Å². The average Bonchev–Trinajstić information content (AvgIpc) is 3.30. The summed E-state index contributed by atoms with van der Waals surface area (Å²) in [5, 5.41) is 7.74. The third-order valence-corrected chi connectivity index (χ3v) is 5.36. The van der Waals surface area contributed by atoms with Crippen molar-refractivity contribution in [1.82, 2.24) is 24.6 Å². The molecule has 0 fully saturated rings. The van der Waals surface area contributed by atoms with Crippen LogP contribution in [-0.4, -0.2) is 31.6 Å². The average molecular weight is 364 g/mol. The van der Waals surface area contributed by atoms with E-state index in [1.807, 2.05) is 22.7 Å². The summed E-state index contributed by atoms with van der Waals surface area (Å²) in [6, 6.07) is 7.91. The Labute approximate surface area is 156 Å². The predicted molar refractivity (Wildman–Crippen MR) is 105 cm³/mol. The molecule has 0 aliphatic carbocycles. The molecule has 0 saturated heterocycles. The van der Waals surface area contributed by atoms with Crippen molar-refractivity contribution in [2.75, 3.05) is 11.9 Å². The van der Waals surface area contributed by atoms with Gasteiger partial charge < -0.3 is 4.90 Å². The molecule has 0 N–H and O–H groups in total. The maximum absolute atomic E-state index is 4.75. The minimum absolute atomic E-state index is 0.455. The van der Waals surface area contributed by atoms with Gasteiger partial charge in [0.1, 0.15) is 5.82 Å². The van der Waals surface area contributed by atoms with E-state index in [9.17, 15) is 0 Å². The molecule has 4 rings (SSSR count). The van der Waals surface area contributed by atoms with Crippen LogP contribution in [-0.2, 0) is 6.54 Å². The molecule has 4 aromatic heterocycles. The minimum Gasteiger partial charge on any atom is -0.354 e. The largest absolute Gasteiger partial charge is 0.354 e. The van der Waals surface area contributed by atoms with Crippen molar-refractivity contribution in [3.05, 3.63) is 58.9 Å². The van der Waals surface area contributed by atoms with Gasteiger partial charge >= 0.3 is 0 Å². The number of hydrogen-bond donors (Lipinski definition) is 0. The number of hydrogen-bond acceptors (Lipinski definition) is 6. The number of rotatable bonds is 5. The van der Waals surface area contributed by atoms with Crippen molar-refractivity contribution >= 4 is 22.8 Å². The summed E-state index contributed by atoms with van der Waals surface area (Å²) in [4.78, 5) is 15.7. The molecular weight excluding hydrogens is 344 g/mol. The molecule has 0 aliphatic rings. The summed E-state index contributed by atoms with van der Waals surface area (Å²) in [7, 11) is 2.06. The highest BCUT2D eigenvalue weighted by Gasteiger charge is 2.14. The van der Waals surface area contributed by atoms with Crippen molar-refractivity contribution in [1.29, 1.82) is 0 Å². The van der Waals surface area contributed by atoms with Crippen LogP contribution in [0.5, 0.6) is 0 Å². The van der Waals surface area contributed by atoms with E-state index in [0.717, 1.165) is 35.0 Å². The number of fused-ring (bicyclic) bond motifs is 1. The number of pyridine rings is 1. The highest BCUT2D eigenvalue weighted by molar-refractivity contribution is 7.09. The van der Waals surface area contributed by atoms with Crippen LogP contribution in [0.3, 0.4) is 0 Å². The van der Waals surface area contributed by atoms with Gasteiger partial charge in [0, 0.05) is 48.4 Å². The maximum Gasteiger partial charge on any atom is 0.157 e. The van der Waals surface area contributed by atoms with Crippen LogP contribution in [0.2, 0.25) is 0 Å². The lowest BCUT2D eigenvalue weighted by atomic mass is 10.2. The first-order chi connectivity index (χ1) is 12.6. The Morgan fingerprint density at radius 1 is 1.12 bits per heavy atom. The minimum atomic E-state index is 0.455. The van der Waals surface area contributed by atoms with E-state index in [0.29, 0.717) is 5.92 Å². The van der Waals surface area contributed by atoms with E-state index < -0.39 is 0 Å². The third-order valence-electron chi connectivity index (χ3n) is 4.17. The van der Waals surface area contributed by atoms with Crippen LogP contribution in [0, 0.1) is 0 Å². The van der Waals surface area contributed by atoms with E-state index in [2.05, 4.69) is 47.3 Å². The van der Waals surface area contributed by atoms with Crippen molar-refractivity contribution in [3.63, 3.8) is 0 Å². The molecule has 0 atom stereocenters. The van der Waals surface area contributed by atoms with Crippen LogP contribution < -0.4 is 4.90 Å². The zero-order valence-electron chi connectivity index (χ0n) is 15.0. The van der Waals surface area contributed by atoms with E-state index in [4.69, 9.17) is 9.97 Å². The van der Waals surface area contributed by atoms with Crippen molar-refractivity contribution < 1.29 is 0 Å². The Morgan fingerprint density at radius 2 is 1.92 bits per heavy atom. The summed E-state index contributed by atoms with van der Waals surface area (Å²) < 4.78 is 1.86. The first kappa shape index (κ1) is 16.7. The molecular formula is C19H20N6S. The van der Waals surface area contributed by atoms with Crippen molar-refractivity contribution in [3.8, 4) is 11.3 Å². The monoisotopic (exact) mass is 364 g/mol. The summed E-state index contributed by atoms with van der Waals surface area (Å²) in [5.74, 6) is 1.43. The van der Waals surface area contributed by atoms with Gasteiger partial charge in [0.2, 0.25) is 0 Å². The second-order valence-corrected chi connectivity index (χ2v) is 7.41. The van der Waals surface area contributed by atoms with Crippen LogP contribution in [0.1, 0.15) is 30.5 Å². The summed E-state index contributed by atoms with van der Waals surface area (Å²) >= 11 is 1.72. The molecule has 0 aliphatic heterocycles. The summed E-state index contributed by atoms with van der Waals surface area (Å²) in [6.45, 7) is 5.06. The molecule has 0 radical (unpaired) electrons. The number of anilines is 1. The number of nitrogens with zero attached hydrogens (tertiary/aromatic N) is 6. The summed E-state index contributed by atoms with van der Waals surface area (Å²) in [5.41, 5.74) is 3.84. The van der Waals surface area contributed by atoms with Gasteiger partial charge in [-0.25, -0.2) is 9.97 Å². The van der Waals surface area contributed by atoms with Gasteiger partial charge in [-0.2, -0.15) is 9.61 Å². The van der Waals surface area contributed by atoms with Crippen molar-refractivity contribution in [2.45, 2.75) is 26.3 Å². The molecule has 4 heterocycles. The molecule has 7 heteroatoms. The van der Waals surface area contributed by atoms with Gasteiger partial charge in [-0.15, -0.1) is 11.3 Å². The standard InChI is InChI=1S/C19H20N6S/c1-13(2)19-22-15(12-26-19)11-24(3)18-10-16(14-4-7-20-8-5-14)23-17-6-9-21-25(17)18/h4-10,12-13H,11H2,1-3H3. The second-order valence-electron chi connectivity index (χ2n) is 6.52. The fourth-order valence-electron chi connectivity index (χ4n) is 2.82. The van der Waals surface area contributed by atoms with E-state index in [-0.39, 0.29) is 0 Å². The van der Waals surface area contributed by atoms with Crippen LogP contribution in [0.15, 0.2) is 48.2 Å². The Morgan fingerprint density at radius 3 is 2.65 bits per heavy atom. The van der Waals surface area contributed by atoms with Crippen LogP contribution in [0.4, 0.5) is 5.82 Å². The lowest BCUT2D eigenvalue weighted by Gasteiger charge is -2.20. The van der Waals surface area contributed by atoms with E-state index in [1.54, 1.807) is 29.9 Å². The fraction of sp³-hybridized carbons (Fsp3) is 0.263. The molecule has 0 amide bonds. The molecule has 0 spiro atoms. The quantitative estimate of drug-likeness (QED) is 0.535. The topological polar surface area (TPSA) is 59.2 Å². The molecule has 0 bridgehead atoms. The first-order valence-corrected chi connectivity index (χ1v) is 9.40. The van der Waals surface area contributed by atoms with Gasteiger partial charge in [-0.1, -0.05) is 13.8 Å². The predicted octanol–water partition coefficient (Wildman–Crippen LogP) is 4.01. The van der Waals surface area contributed by atoms with Gasteiger partial charge in [0.25, 0.3) is 0 Å². The fourth-order valence-corrected chi connectivity index (χ4v) is 3.65. The SMILES string of the molecule is CC(C)c1nc(CN(C)c2cc(-c3ccncc3)nc3ccnn23)cs1. The lowest BCUT2D eigenvalue weighted by molar-refractivity contribution is 0.800. The van der Waals surface area contributed by atoms with Gasteiger partial charge in [0.05, 0.1) is 29.1 Å². The zero-order chi connectivity index (χ0) is 18.1. The number of aromatic nitrogens is 5. The van der Waals surface area contributed by atoms with Crippen LogP contribution in [0.25, 0.3) is 16.9 Å². The molecule has 4 aromatic rings. The van der Waals surface area contributed by atoms with Gasteiger partial charge in [0.15, 0.2) is 5.65 Å². The number of thiazole rings is 1. The maximum atomic E-state index is 4.75. The molecule has 6 nitrogen and oxygen atoms in total. The Bertz CT molecular complexity index is 1020. The highest BCUT2D eigenvalue weighted by atomic mass is 32.1. The highest BCUT2D eigenvalue weighted by Crippen LogP contribution is 2.25. The van der Waals surface area contributed by atoms with Gasteiger partial charge in [-0.05, 0) is 12.1 Å². The third kappa shape index (κ3) is 3.17. The smallest absolute Gasteiger partial charge is 0.157 e. The zero-order valence-corrected chi connectivity index (χ0v) is 15.8. The molecule has 0 unspecified atom stereocenters. The Hall–Kier alpha value is -2.80. The molecule has 26 heavy (non-hydrogen) atoms. The van der Waals surface area contributed by atoms with Crippen LogP contribution >= 0.6 is 11.3 Å². The second kappa shape index (κ2) is 6.84. The van der Waals surface area contributed by atoms with Gasteiger partial charge in [-0.3, -0.25) is 4.98 Å². The summed E-state index contributed by atoms with van der Waals surface area (Å²) in [6.07, 6.45) is 5.34. The normalized spacial score (nSPS) is 11.4. The molecule has 132 valence electrons. The lowest BCUT2D eigenvalue weighted by Crippen LogP contribution is -2.20. The first-order valence-electron chi connectivity index (χ1n) is 8.52. The van der Waals surface area contributed by atoms with E-state index in [1.165, 1.54) is 5.01 Å². The van der Waals surface area contributed by atoms with Crippen molar-refractivity contribution in [2.24, 2.45) is 0 Å².